The Morgan fingerprint density at radius 1 is 0.213 bits per heavy atom. The van der Waals surface area contributed by atoms with Crippen LogP contribution in [0.1, 0.15) is 22.3 Å². The van der Waals surface area contributed by atoms with Gasteiger partial charge in [0.1, 0.15) is 0 Å². The van der Waals surface area contributed by atoms with Crippen LogP contribution >= 0.6 is 0 Å². The Balaban J connectivity index is 1.00. The molecule has 0 heterocycles. The van der Waals surface area contributed by atoms with E-state index >= 15 is 0 Å². The molecule has 0 saturated carbocycles. The van der Waals surface area contributed by atoms with Crippen molar-refractivity contribution in [2.24, 2.45) is 0 Å². The van der Waals surface area contributed by atoms with Gasteiger partial charge in [-0.05, 0) is 139 Å². The smallest absolute Gasteiger partial charge is 0.0715 e. The van der Waals surface area contributed by atoms with Gasteiger partial charge in [-0.1, -0.05) is 249 Å². The largest absolute Gasteiger partial charge is 0.310 e. The Morgan fingerprint density at radius 3 is 0.987 bits per heavy atom. The molecule has 0 fully saturated rings. The quantitative estimate of drug-likeness (QED) is 0.120. The molecule has 1 aliphatic rings. The number of fused-ring (bicyclic) bond motifs is 3. The third-order valence-electron chi connectivity index (χ3n) is 15.0. The molecule has 1 atom stereocenters. The molecule has 0 aromatic heterocycles. The lowest BCUT2D eigenvalue weighted by Crippen LogP contribution is -2.29. The molecule has 0 spiro atoms. The molecule has 13 rings (SSSR count). The van der Waals surface area contributed by atoms with E-state index in [1.165, 1.54) is 77.9 Å². The highest BCUT2D eigenvalue weighted by atomic mass is 15.1. The first-order chi connectivity index (χ1) is 37.2. The molecule has 1 aliphatic carbocycles. The van der Waals surface area contributed by atoms with Crippen molar-refractivity contribution >= 4 is 34.1 Å². The summed E-state index contributed by atoms with van der Waals surface area (Å²) in [5.74, 6) is 0. The monoisotopic (exact) mass is 956 g/mol. The van der Waals surface area contributed by atoms with E-state index in [0.717, 1.165) is 34.1 Å². The Bertz CT molecular complexity index is 3710. The van der Waals surface area contributed by atoms with Crippen LogP contribution < -0.4 is 9.80 Å². The zero-order valence-electron chi connectivity index (χ0n) is 41.4. The van der Waals surface area contributed by atoms with Crippen LogP contribution in [0.3, 0.4) is 0 Å². The number of hydrogen-bond donors (Lipinski definition) is 0. The topological polar surface area (TPSA) is 6.48 Å². The van der Waals surface area contributed by atoms with E-state index in [2.05, 4.69) is 325 Å². The zero-order chi connectivity index (χ0) is 50.0. The minimum atomic E-state index is -0.681. The fourth-order valence-corrected chi connectivity index (χ4v) is 11.5. The van der Waals surface area contributed by atoms with Gasteiger partial charge < -0.3 is 9.80 Å². The van der Waals surface area contributed by atoms with Crippen LogP contribution in [0.5, 0.6) is 0 Å². The van der Waals surface area contributed by atoms with Crippen molar-refractivity contribution in [1.82, 2.24) is 0 Å². The first kappa shape index (κ1) is 45.1. The second kappa shape index (κ2) is 19.7. The average molecular weight is 957 g/mol. The maximum absolute atomic E-state index is 2.45. The molecule has 0 radical (unpaired) electrons. The summed E-state index contributed by atoms with van der Waals surface area (Å²) in [6.45, 7) is 0. The van der Waals surface area contributed by atoms with Crippen LogP contribution in [0, 0.1) is 0 Å². The van der Waals surface area contributed by atoms with E-state index < -0.39 is 5.41 Å². The second-order valence-electron chi connectivity index (χ2n) is 19.2. The van der Waals surface area contributed by atoms with Crippen molar-refractivity contribution in [1.29, 1.82) is 0 Å². The zero-order valence-corrected chi connectivity index (χ0v) is 41.4. The molecule has 0 bridgehead atoms. The van der Waals surface area contributed by atoms with E-state index in [9.17, 15) is 0 Å². The molecule has 2 nitrogen and oxygen atoms in total. The van der Waals surface area contributed by atoms with Crippen LogP contribution in [0.2, 0.25) is 0 Å². The Hall–Kier alpha value is -9.76. The van der Waals surface area contributed by atoms with E-state index in [1.807, 2.05) is 0 Å². The summed E-state index contributed by atoms with van der Waals surface area (Å²) < 4.78 is 0. The molecule has 1 unspecified atom stereocenters. The SMILES string of the molecule is c1ccc(-c2ccc(N(c3ccc(-c4ccccc4)cc3)c3cccc(C4(c5ccccc5)c5ccccc5-c5c(N(c6ccc(-c7ccccc7)cc6)c6ccc(-c7ccccc7)cc6)cccc54)c3)cc2)cc1. The minimum absolute atomic E-state index is 0.681. The summed E-state index contributed by atoms with van der Waals surface area (Å²) >= 11 is 0. The molecule has 75 heavy (non-hydrogen) atoms. The molecule has 2 heteroatoms. The van der Waals surface area contributed by atoms with Gasteiger partial charge in [-0.15, -0.1) is 0 Å². The van der Waals surface area contributed by atoms with Crippen LogP contribution in [-0.4, -0.2) is 0 Å². The summed E-state index contributed by atoms with van der Waals surface area (Å²) in [5, 5.41) is 0. The highest BCUT2D eigenvalue weighted by molar-refractivity contribution is 5.98. The maximum Gasteiger partial charge on any atom is 0.0715 e. The van der Waals surface area contributed by atoms with Gasteiger partial charge in [0.2, 0.25) is 0 Å². The summed E-state index contributed by atoms with van der Waals surface area (Å²) in [6.07, 6.45) is 0. The third-order valence-corrected chi connectivity index (χ3v) is 15.0. The summed E-state index contributed by atoms with van der Waals surface area (Å²) in [7, 11) is 0. The number of nitrogens with zero attached hydrogens (tertiary/aromatic N) is 2. The van der Waals surface area contributed by atoms with Crippen molar-refractivity contribution in [3.8, 4) is 55.6 Å². The molecule has 0 aliphatic heterocycles. The van der Waals surface area contributed by atoms with Gasteiger partial charge >= 0.3 is 0 Å². The first-order valence-corrected chi connectivity index (χ1v) is 25.8. The number of anilines is 6. The van der Waals surface area contributed by atoms with Gasteiger partial charge in [0.25, 0.3) is 0 Å². The van der Waals surface area contributed by atoms with E-state index in [4.69, 9.17) is 0 Å². The molecule has 12 aromatic carbocycles. The van der Waals surface area contributed by atoms with Gasteiger partial charge in [0, 0.05) is 34.0 Å². The molecule has 354 valence electrons. The molecule has 12 aromatic rings. The van der Waals surface area contributed by atoms with Crippen molar-refractivity contribution < 1.29 is 0 Å². The lowest BCUT2D eigenvalue weighted by atomic mass is 9.67. The first-order valence-electron chi connectivity index (χ1n) is 25.8. The molecular formula is C73H52N2. The lowest BCUT2D eigenvalue weighted by Gasteiger charge is -2.35. The van der Waals surface area contributed by atoms with Gasteiger partial charge in [-0.25, -0.2) is 0 Å². The van der Waals surface area contributed by atoms with Gasteiger partial charge in [0.05, 0.1) is 11.1 Å². The highest BCUT2D eigenvalue weighted by Crippen LogP contribution is 2.60. The van der Waals surface area contributed by atoms with Crippen LogP contribution in [0.4, 0.5) is 34.1 Å². The summed E-state index contributed by atoms with van der Waals surface area (Å²) in [5.41, 5.74) is 22.6. The Kier molecular flexibility index (Phi) is 11.8. The summed E-state index contributed by atoms with van der Waals surface area (Å²) in [6, 6.07) is 115. The van der Waals surface area contributed by atoms with Gasteiger partial charge in [0.15, 0.2) is 0 Å². The van der Waals surface area contributed by atoms with Crippen LogP contribution in [0.15, 0.2) is 315 Å². The predicted molar refractivity (Wildman–Crippen MR) is 315 cm³/mol. The maximum atomic E-state index is 2.45. The van der Waals surface area contributed by atoms with E-state index in [0.29, 0.717) is 0 Å². The third kappa shape index (κ3) is 8.29. The van der Waals surface area contributed by atoms with Crippen molar-refractivity contribution in [2.75, 3.05) is 9.80 Å². The fourth-order valence-electron chi connectivity index (χ4n) is 11.5. The Labute approximate surface area is 440 Å². The Morgan fingerprint density at radius 2 is 0.547 bits per heavy atom. The highest BCUT2D eigenvalue weighted by Gasteiger charge is 2.47. The molecule has 0 amide bonds. The number of benzene rings is 12. The van der Waals surface area contributed by atoms with Crippen molar-refractivity contribution in [3.63, 3.8) is 0 Å². The van der Waals surface area contributed by atoms with E-state index in [1.54, 1.807) is 0 Å². The lowest BCUT2D eigenvalue weighted by molar-refractivity contribution is 0.768. The van der Waals surface area contributed by atoms with Crippen LogP contribution in [0.25, 0.3) is 55.6 Å². The van der Waals surface area contributed by atoms with Crippen molar-refractivity contribution in [3.05, 3.63) is 338 Å². The summed E-state index contributed by atoms with van der Waals surface area (Å²) in [4.78, 5) is 4.86. The number of rotatable bonds is 12. The molecule has 0 N–H and O–H groups in total. The minimum Gasteiger partial charge on any atom is -0.310 e. The van der Waals surface area contributed by atoms with Crippen LogP contribution in [-0.2, 0) is 5.41 Å². The second-order valence-corrected chi connectivity index (χ2v) is 19.2. The molecule has 0 saturated heterocycles. The predicted octanol–water partition coefficient (Wildman–Crippen LogP) is 19.7. The number of hydrogen-bond acceptors (Lipinski definition) is 2. The van der Waals surface area contributed by atoms with E-state index in [-0.39, 0.29) is 0 Å². The normalized spacial score (nSPS) is 13.4. The van der Waals surface area contributed by atoms with Gasteiger partial charge in [-0.2, -0.15) is 0 Å². The fraction of sp³-hybridized carbons (Fsp3) is 0.0137. The average Bonchev–Trinajstić information content (AvgIpc) is 3.84. The molecular weight excluding hydrogens is 905 g/mol. The van der Waals surface area contributed by atoms with Crippen molar-refractivity contribution in [2.45, 2.75) is 5.41 Å². The van der Waals surface area contributed by atoms with Gasteiger partial charge in [-0.3, -0.25) is 0 Å². The standard InChI is InChI=1S/C73H52N2/c1-6-20-53(21-7-1)57-36-44-63(45-37-57)74(64-46-38-58(39-47-64)54-22-8-2-9-23-54)67-31-18-30-62(52-67)73(61-28-14-5-15-29-61)69-33-17-16-32-68(69)72-70(73)34-19-35-71(72)75(65-48-40-59(41-49-65)55-24-10-3-11-25-55)66-50-42-60(43-51-66)56-26-12-4-13-27-56/h1-52H.